The van der Waals surface area contributed by atoms with E-state index in [-0.39, 0.29) is 11.8 Å². The van der Waals surface area contributed by atoms with Crippen molar-refractivity contribution in [3.63, 3.8) is 0 Å². The molecule has 2 aromatic heterocycles. The van der Waals surface area contributed by atoms with Crippen molar-refractivity contribution in [2.24, 2.45) is 0 Å². The highest BCUT2D eigenvalue weighted by atomic mass is 32.1. The Morgan fingerprint density at radius 1 is 0.935 bits per heavy atom. The fourth-order valence-corrected chi connectivity index (χ4v) is 4.22. The van der Waals surface area contributed by atoms with Gasteiger partial charge in [-0.25, -0.2) is 4.79 Å². The second kappa shape index (κ2) is 11.7. The van der Waals surface area contributed by atoms with Crippen LogP contribution in [0.25, 0.3) is 0 Å². The number of aryl methyl sites for hydroxylation is 2. The summed E-state index contributed by atoms with van der Waals surface area (Å²) in [7, 11) is 0. The SMILES string of the molecule is CCNC(=O)c1sc(N)cc1C.CCNC(=O)c1sc(NC(=O)OC(C)(C)C)cc1C. The van der Waals surface area contributed by atoms with E-state index in [0.29, 0.717) is 32.8 Å². The molecule has 0 atom stereocenters. The lowest BCUT2D eigenvalue weighted by molar-refractivity contribution is 0.0636. The van der Waals surface area contributed by atoms with Crippen LogP contribution in [0.15, 0.2) is 12.1 Å². The van der Waals surface area contributed by atoms with E-state index in [1.807, 2.05) is 33.8 Å². The Bertz CT molecular complexity index is 913. The molecule has 0 saturated heterocycles. The summed E-state index contributed by atoms with van der Waals surface area (Å²) in [6.45, 7) is 14.1. The van der Waals surface area contributed by atoms with Crippen molar-refractivity contribution in [3.8, 4) is 0 Å². The molecule has 0 radical (unpaired) electrons. The number of hydrogen-bond acceptors (Lipinski definition) is 7. The normalized spacial score (nSPS) is 10.5. The Morgan fingerprint density at radius 3 is 1.84 bits per heavy atom. The van der Waals surface area contributed by atoms with Crippen LogP contribution in [0.3, 0.4) is 0 Å². The molecule has 5 N–H and O–H groups in total. The minimum absolute atomic E-state index is 0.0308. The Labute approximate surface area is 191 Å². The number of hydrogen-bond donors (Lipinski definition) is 4. The molecule has 0 aromatic carbocycles. The minimum atomic E-state index is -0.543. The quantitative estimate of drug-likeness (QED) is 0.513. The predicted octanol–water partition coefficient (Wildman–Crippen LogP) is 4.54. The number of ether oxygens (including phenoxy) is 1. The van der Waals surface area contributed by atoms with Gasteiger partial charge in [-0.3, -0.25) is 14.9 Å². The van der Waals surface area contributed by atoms with Gasteiger partial charge >= 0.3 is 6.09 Å². The summed E-state index contributed by atoms with van der Waals surface area (Å²) >= 11 is 2.57. The molecule has 0 spiro atoms. The molecule has 2 rings (SSSR count). The van der Waals surface area contributed by atoms with Gasteiger partial charge in [0.1, 0.15) is 5.60 Å². The van der Waals surface area contributed by atoms with E-state index in [0.717, 1.165) is 11.1 Å². The molecule has 172 valence electrons. The zero-order valence-corrected chi connectivity index (χ0v) is 20.7. The number of rotatable bonds is 5. The summed E-state index contributed by atoms with van der Waals surface area (Å²) in [5, 5.41) is 9.39. The monoisotopic (exact) mass is 468 g/mol. The molecule has 31 heavy (non-hydrogen) atoms. The van der Waals surface area contributed by atoms with Crippen molar-refractivity contribution in [2.45, 2.75) is 54.1 Å². The lowest BCUT2D eigenvalue weighted by Gasteiger charge is -2.19. The zero-order chi connectivity index (χ0) is 23.8. The molecule has 2 heterocycles. The van der Waals surface area contributed by atoms with Gasteiger partial charge in [0.25, 0.3) is 11.8 Å². The fraction of sp³-hybridized carbons (Fsp3) is 0.476. The Hall–Kier alpha value is -2.59. The van der Waals surface area contributed by atoms with Crippen LogP contribution in [0.4, 0.5) is 14.8 Å². The number of amides is 3. The molecular weight excluding hydrogens is 436 g/mol. The lowest BCUT2D eigenvalue weighted by atomic mass is 10.2. The summed E-state index contributed by atoms with van der Waals surface area (Å²) in [5.41, 5.74) is 6.79. The Morgan fingerprint density at radius 2 is 1.42 bits per heavy atom. The van der Waals surface area contributed by atoms with Crippen molar-refractivity contribution < 1.29 is 19.1 Å². The number of carbonyl (C=O) groups is 3. The Kier molecular flexibility index (Phi) is 9.99. The van der Waals surface area contributed by atoms with Crippen LogP contribution < -0.4 is 21.7 Å². The summed E-state index contributed by atoms with van der Waals surface area (Å²) in [4.78, 5) is 36.0. The van der Waals surface area contributed by atoms with E-state index < -0.39 is 11.7 Å². The van der Waals surface area contributed by atoms with Crippen LogP contribution in [0, 0.1) is 13.8 Å². The van der Waals surface area contributed by atoms with Crippen LogP contribution in [0.1, 0.15) is 65.1 Å². The van der Waals surface area contributed by atoms with Crippen LogP contribution in [-0.4, -0.2) is 36.6 Å². The first-order valence-corrected chi connectivity index (χ1v) is 11.5. The highest BCUT2D eigenvalue weighted by Crippen LogP contribution is 2.27. The molecule has 0 bridgehead atoms. The third kappa shape index (κ3) is 8.97. The van der Waals surface area contributed by atoms with Gasteiger partial charge in [-0.05, 0) is 71.7 Å². The van der Waals surface area contributed by atoms with Gasteiger partial charge in [0.05, 0.1) is 19.8 Å². The van der Waals surface area contributed by atoms with Crippen molar-refractivity contribution in [3.05, 3.63) is 33.0 Å². The van der Waals surface area contributed by atoms with E-state index in [2.05, 4.69) is 16.0 Å². The predicted molar refractivity (Wildman–Crippen MR) is 128 cm³/mol. The molecule has 0 saturated carbocycles. The van der Waals surface area contributed by atoms with E-state index in [9.17, 15) is 14.4 Å². The summed E-state index contributed by atoms with van der Waals surface area (Å²) in [6, 6.07) is 3.58. The first kappa shape index (κ1) is 26.4. The summed E-state index contributed by atoms with van der Waals surface area (Å²) < 4.78 is 5.15. The first-order valence-electron chi connectivity index (χ1n) is 9.90. The fourth-order valence-electron chi connectivity index (χ4n) is 2.39. The first-order chi connectivity index (χ1) is 14.4. The third-order valence-corrected chi connectivity index (χ3v) is 5.78. The highest BCUT2D eigenvalue weighted by Gasteiger charge is 2.18. The third-order valence-electron chi connectivity index (χ3n) is 3.57. The number of nitrogen functional groups attached to an aromatic ring is 1. The maximum Gasteiger partial charge on any atom is 0.412 e. The number of carbonyl (C=O) groups excluding carboxylic acids is 3. The van der Waals surface area contributed by atoms with Gasteiger partial charge < -0.3 is 21.1 Å². The van der Waals surface area contributed by atoms with E-state index >= 15 is 0 Å². The van der Waals surface area contributed by atoms with Gasteiger partial charge in [-0.2, -0.15) is 0 Å². The van der Waals surface area contributed by atoms with Crippen molar-refractivity contribution >= 4 is 50.6 Å². The van der Waals surface area contributed by atoms with Gasteiger partial charge in [0.2, 0.25) is 0 Å². The largest absolute Gasteiger partial charge is 0.444 e. The van der Waals surface area contributed by atoms with E-state index in [1.165, 1.54) is 22.7 Å². The maximum atomic E-state index is 11.7. The van der Waals surface area contributed by atoms with Crippen molar-refractivity contribution in [1.82, 2.24) is 10.6 Å². The summed E-state index contributed by atoms with van der Waals surface area (Å²) in [6.07, 6.45) is -0.517. The van der Waals surface area contributed by atoms with Crippen LogP contribution in [0.5, 0.6) is 0 Å². The Balaban J connectivity index is 0.000000343. The van der Waals surface area contributed by atoms with Crippen LogP contribution in [-0.2, 0) is 4.74 Å². The molecule has 0 aliphatic rings. The van der Waals surface area contributed by atoms with Gasteiger partial charge in [-0.1, -0.05) is 0 Å². The van der Waals surface area contributed by atoms with Gasteiger partial charge in [-0.15, -0.1) is 22.7 Å². The number of nitrogens with one attached hydrogen (secondary N) is 3. The summed E-state index contributed by atoms with van der Waals surface area (Å²) in [5.74, 6) is -0.154. The van der Waals surface area contributed by atoms with Crippen LogP contribution >= 0.6 is 22.7 Å². The van der Waals surface area contributed by atoms with Gasteiger partial charge in [0.15, 0.2) is 0 Å². The van der Waals surface area contributed by atoms with Crippen molar-refractivity contribution in [1.29, 1.82) is 0 Å². The van der Waals surface area contributed by atoms with Gasteiger partial charge in [0, 0.05) is 13.1 Å². The molecule has 0 fully saturated rings. The number of thiophene rings is 2. The smallest absolute Gasteiger partial charge is 0.412 e. The topological polar surface area (TPSA) is 123 Å². The molecule has 10 heteroatoms. The van der Waals surface area contributed by atoms with E-state index in [4.69, 9.17) is 10.5 Å². The van der Waals surface area contributed by atoms with E-state index in [1.54, 1.807) is 26.8 Å². The molecule has 8 nitrogen and oxygen atoms in total. The number of anilines is 2. The molecule has 0 aliphatic heterocycles. The minimum Gasteiger partial charge on any atom is -0.444 e. The molecular formula is C21H32N4O4S2. The average Bonchev–Trinajstić information content (AvgIpc) is 3.15. The van der Waals surface area contributed by atoms with Crippen LogP contribution in [0.2, 0.25) is 0 Å². The number of nitrogens with two attached hydrogens (primary N) is 1. The molecule has 0 unspecified atom stereocenters. The lowest BCUT2D eigenvalue weighted by Crippen LogP contribution is -2.27. The molecule has 3 amide bonds. The molecule has 2 aromatic rings. The average molecular weight is 469 g/mol. The second-order valence-corrected chi connectivity index (χ2v) is 9.77. The molecule has 0 aliphatic carbocycles. The standard InChI is InChI=1S/C13H20N2O3S.C8H12N2OS/c1-6-14-11(16)10-8(2)7-9(19-10)15-12(17)18-13(3,4)5;1-3-10-8(11)7-5(2)4-6(9)12-7/h7H,6H2,1-5H3,(H,14,16)(H,15,17);4H,3,9H2,1-2H3,(H,10,11). The highest BCUT2D eigenvalue weighted by molar-refractivity contribution is 7.18. The van der Waals surface area contributed by atoms with Crippen molar-refractivity contribution in [2.75, 3.05) is 24.1 Å². The second-order valence-electron chi connectivity index (χ2n) is 7.63. The maximum absolute atomic E-state index is 11.7. The zero-order valence-electron chi connectivity index (χ0n) is 19.1.